The van der Waals surface area contributed by atoms with Gasteiger partial charge in [-0.25, -0.2) is 0 Å². The van der Waals surface area contributed by atoms with E-state index in [4.69, 9.17) is 5.11 Å². The number of hydrogen-bond acceptors (Lipinski definition) is 3. The highest BCUT2D eigenvalue weighted by molar-refractivity contribution is 7.98. The molecule has 4 heteroatoms. The standard InChI is InChI=1S/C7H15NO2S/c1-8(2)6(7(9)10)4-5-11-3/h6H,4-5H2,1-3H3,(H,9,10)/t6-/m1/s1. The van der Waals surface area contributed by atoms with Crippen molar-refractivity contribution >= 4 is 17.7 Å². The van der Waals surface area contributed by atoms with Gasteiger partial charge in [0.1, 0.15) is 6.04 Å². The molecule has 0 aromatic carbocycles. The van der Waals surface area contributed by atoms with Crippen molar-refractivity contribution in [3.05, 3.63) is 0 Å². The summed E-state index contributed by atoms with van der Waals surface area (Å²) in [5.74, 6) is 0.166. The minimum absolute atomic E-state index is 0.331. The molecule has 0 aromatic heterocycles. The van der Waals surface area contributed by atoms with E-state index in [0.29, 0.717) is 6.42 Å². The first kappa shape index (κ1) is 10.8. The predicted octanol–water partition coefficient (Wildman–Crippen LogP) is 0.754. The highest BCUT2D eigenvalue weighted by atomic mass is 32.2. The van der Waals surface area contributed by atoms with E-state index in [0.717, 1.165) is 5.75 Å². The van der Waals surface area contributed by atoms with E-state index in [1.165, 1.54) is 0 Å². The number of hydrogen-bond donors (Lipinski definition) is 1. The summed E-state index contributed by atoms with van der Waals surface area (Å²) < 4.78 is 0. The Balaban J connectivity index is 3.80. The van der Waals surface area contributed by atoms with Crippen molar-refractivity contribution in [2.24, 2.45) is 0 Å². The molecule has 0 unspecified atom stereocenters. The van der Waals surface area contributed by atoms with Crippen LogP contribution in [-0.2, 0) is 4.79 Å². The first-order valence-corrected chi connectivity index (χ1v) is 4.87. The van der Waals surface area contributed by atoms with Crippen LogP contribution in [0, 0.1) is 0 Å². The van der Waals surface area contributed by atoms with Crippen LogP contribution in [0.4, 0.5) is 0 Å². The molecule has 0 aliphatic rings. The summed E-state index contributed by atoms with van der Waals surface area (Å²) in [5.41, 5.74) is 0. The quantitative estimate of drug-likeness (QED) is 0.673. The molecule has 0 amide bonds. The number of carbonyl (C=O) groups is 1. The van der Waals surface area contributed by atoms with Gasteiger partial charge in [0, 0.05) is 0 Å². The predicted molar refractivity (Wildman–Crippen MR) is 48.1 cm³/mol. The first-order chi connectivity index (χ1) is 5.09. The maximum Gasteiger partial charge on any atom is 0.320 e. The molecule has 0 saturated heterocycles. The Hall–Kier alpha value is -0.220. The fraction of sp³-hybridized carbons (Fsp3) is 0.857. The molecule has 0 bridgehead atoms. The summed E-state index contributed by atoms with van der Waals surface area (Å²) in [6, 6.07) is -0.331. The molecule has 1 N–H and O–H groups in total. The maximum absolute atomic E-state index is 10.6. The third kappa shape index (κ3) is 4.27. The molecule has 0 heterocycles. The molecule has 0 fully saturated rings. The Labute approximate surface area is 71.8 Å². The molecule has 66 valence electrons. The number of likely N-dealkylation sites (N-methyl/N-ethyl adjacent to an activating group) is 1. The van der Waals surface area contributed by atoms with Crippen molar-refractivity contribution in [3.8, 4) is 0 Å². The Kier molecular flexibility index (Phi) is 5.32. The average Bonchev–Trinajstić information content (AvgIpc) is 1.87. The zero-order chi connectivity index (χ0) is 8.85. The summed E-state index contributed by atoms with van der Waals surface area (Å²) in [5, 5.41) is 8.72. The fourth-order valence-electron chi connectivity index (χ4n) is 0.832. The highest BCUT2D eigenvalue weighted by Crippen LogP contribution is 2.04. The number of carboxylic acids is 1. The number of carboxylic acid groups (broad SMARTS) is 1. The van der Waals surface area contributed by atoms with Gasteiger partial charge in [0.2, 0.25) is 0 Å². The van der Waals surface area contributed by atoms with E-state index >= 15 is 0 Å². The number of thioether (sulfide) groups is 1. The van der Waals surface area contributed by atoms with E-state index in [2.05, 4.69) is 0 Å². The van der Waals surface area contributed by atoms with Crippen LogP contribution in [0.1, 0.15) is 6.42 Å². The van der Waals surface area contributed by atoms with Gasteiger partial charge in [0.15, 0.2) is 0 Å². The van der Waals surface area contributed by atoms with Gasteiger partial charge < -0.3 is 5.11 Å². The Bertz CT molecular complexity index is 128. The van der Waals surface area contributed by atoms with Crippen LogP contribution in [0.15, 0.2) is 0 Å². The van der Waals surface area contributed by atoms with Gasteiger partial charge in [0.25, 0.3) is 0 Å². The highest BCUT2D eigenvalue weighted by Gasteiger charge is 2.18. The van der Waals surface area contributed by atoms with Gasteiger partial charge in [-0.05, 0) is 32.5 Å². The van der Waals surface area contributed by atoms with Gasteiger partial charge in [0.05, 0.1) is 0 Å². The van der Waals surface area contributed by atoms with E-state index in [9.17, 15) is 4.79 Å². The van der Waals surface area contributed by atoms with Gasteiger partial charge in [-0.3, -0.25) is 9.69 Å². The van der Waals surface area contributed by atoms with Gasteiger partial charge >= 0.3 is 5.97 Å². The van der Waals surface area contributed by atoms with Crippen molar-refractivity contribution in [3.63, 3.8) is 0 Å². The van der Waals surface area contributed by atoms with Crippen molar-refractivity contribution in [2.75, 3.05) is 26.1 Å². The third-order valence-electron chi connectivity index (χ3n) is 1.50. The second kappa shape index (κ2) is 5.43. The van der Waals surface area contributed by atoms with Gasteiger partial charge in [-0.15, -0.1) is 0 Å². The molecule has 1 atom stereocenters. The van der Waals surface area contributed by atoms with Crippen LogP contribution in [0.2, 0.25) is 0 Å². The summed E-state index contributed by atoms with van der Waals surface area (Å²) in [6.45, 7) is 0. The summed E-state index contributed by atoms with van der Waals surface area (Å²) in [6.07, 6.45) is 2.69. The summed E-state index contributed by atoms with van der Waals surface area (Å²) >= 11 is 1.67. The molecular weight excluding hydrogens is 162 g/mol. The largest absolute Gasteiger partial charge is 0.480 e. The number of nitrogens with zero attached hydrogens (tertiary/aromatic N) is 1. The molecule has 0 aliphatic carbocycles. The van der Waals surface area contributed by atoms with Crippen molar-refractivity contribution in [2.45, 2.75) is 12.5 Å². The Morgan fingerprint density at radius 2 is 2.18 bits per heavy atom. The van der Waals surface area contributed by atoms with Crippen molar-refractivity contribution in [1.29, 1.82) is 0 Å². The molecule has 0 aliphatic heterocycles. The van der Waals surface area contributed by atoms with Crippen LogP contribution in [0.5, 0.6) is 0 Å². The molecule has 0 spiro atoms. The molecule has 11 heavy (non-hydrogen) atoms. The lowest BCUT2D eigenvalue weighted by atomic mass is 10.2. The summed E-state index contributed by atoms with van der Waals surface area (Å²) in [4.78, 5) is 12.3. The Morgan fingerprint density at radius 1 is 1.64 bits per heavy atom. The smallest absolute Gasteiger partial charge is 0.320 e. The lowest BCUT2D eigenvalue weighted by Crippen LogP contribution is -2.35. The van der Waals surface area contributed by atoms with Crippen LogP contribution in [0.25, 0.3) is 0 Å². The Morgan fingerprint density at radius 3 is 2.45 bits per heavy atom. The number of aliphatic carboxylic acids is 1. The van der Waals surface area contributed by atoms with Crippen LogP contribution < -0.4 is 0 Å². The van der Waals surface area contributed by atoms with E-state index in [1.807, 2.05) is 6.26 Å². The second-order valence-corrected chi connectivity index (χ2v) is 3.58. The van der Waals surface area contributed by atoms with E-state index in [1.54, 1.807) is 30.8 Å². The van der Waals surface area contributed by atoms with Gasteiger partial charge in [-0.1, -0.05) is 0 Å². The first-order valence-electron chi connectivity index (χ1n) is 3.47. The fourth-order valence-corrected chi connectivity index (χ4v) is 1.29. The summed E-state index contributed by atoms with van der Waals surface area (Å²) in [7, 11) is 3.58. The second-order valence-electron chi connectivity index (χ2n) is 2.60. The molecular formula is C7H15NO2S. The molecule has 0 aromatic rings. The SMILES string of the molecule is CSCC[C@H](C(=O)O)N(C)C. The van der Waals surface area contributed by atoms with E-state index in [-0.39, 0.29) is 6.04 Å². The van der Waals surface area contributed by atoms with Gasteiger partial charge in [-0.2, -0.15) is 11.8 Å². The van der Waals surface area contributed by atoms with Crippen LogP contribution in [-0.4, -0.2) is 48.1 Å². The zero-order valence-electron chi connectivity index (χ0n) is 7.20. The minimum Gasteiger partial charge on any atom is -0.480 e. The monoisotopic (exact) mass is 177 g/mol. The molecule has 0 saturated carbocycles. The maximum atomic E-state index is 10.6. The number of rotatable bonds is 5. The van der Waals surface area contributed by atoms with E-state index < -0.39 is 5.97 Å². The zero-order valence-corrected chi connectivity index (χ0v) is 8.02. The molecule has 0 rings (SSSR count). The minimum atomic E-state index is -0.732. The normalized spacial score (nSPS) is 13.5. The molecule has 0 radical (unpaired) electrons. The average molecular weight is 177 g/mol. The lowest BCUT2D eigenvalue weighted by Gasteiger charge is -2.18. The van der Waals surface area contributed by atoms with Crippen molar-refractivity contribution < 1.29 is 9.90 Å². The lowest BCUT2D eigenvalue weighted by molar-refractivity contribution is -0.142. The van der Waals surface area contributed by atoms with Crippen LogP contribution in [0.3, 0.4) is 0 Å². The van der Waals surface area contributed by atoms with Crippen molar-refractivity contribution in [1.82, 2.24) is 4.90 Å². The third-order valence-corrected chi connectivity index (χ3v) is 2.15. The molecule has 3 nitrogen and oxygen atoms in total. The topological polar surface area (TPSA) is 40.5 Å². The van der Waals surface area contributed by atoms with Crippen LogP contribution >= 0.6 is 11.8 Å².